The van der Waals surface area contributed by atoms with Gasteiger partial charge in [0.25, 0.3) is 0 Å². The normalized spacial score (nSPS) is 11.9. The lowest BCUT2D eigenvalue weighted by molar-refractivity contribution is -0.134. The summed E-state index contributed by atoms with van der Waals surface area (Å²) in [6.07, 6.45) is 0. The molecule has 17 heavy (non-hydrogen) atoms. The second-order valence-corrected chi connectivity index (χ2v) is 4.50. The van der Waals surface area contributed by atoms with Gasteiger partial charge < -0.3 is 4.90 Å². The zero-order valence-corrected chi connectivity index (χ0v) is 11.6. The minimum absolute atomic E-state index is 0.0120. The van der Waals surface area contributed by atoms with E-state index >= 15 is 0 Å². The quantitative estimate of drug-likeness (QED) is 0.783. The lowest BCUT2D eigenvalue weighted by atomic mass is 10.1. The number of nitrogens with zero attached hydrogens (tertiary/aromatic N) is 1. The summed E-state index contributed by atoms with van der Waals surface area (Å²) in [4.78, 5) is 24.6. The Morgan fingerprint density at radius 1 is 1.29 bits per heavy atom. The van der Waals surface area contributed by atoms with Crippen LogP contribution in [0.4, 0.5) is 0 Å². The van der Waals surface area contributed by atoms with Gasteiger partial charge in [0.05, 0.1) is 17.9 Å². The van der Waals surface area contributed by atoms with E-state index < -0.39 is 0 Å². The number of halogens is 1. The van der Waals surface area contributed by atoms with Gasteiger partial charge in [-0.15, -0.1) is 0 Å². The molecule has 1 atom stereocenters. The molecule has 0 heterocycles. The van der Waals surface area contributed by atoms with E-state index in [-0.39, 0.29) is 29.6 Å². The van der Waals surface area contributed by atoms with Crippen molar-refractivity contribution in [1.82, 2.24) is 4.90 Å². The first-order chi connectivity index (χ1) is 8.06. The van der Waals surface area contributed by atoms with Crippen molar-refractivity contribution in [3.8, 4) is 0 Å². The summed E-state index contributed by atoms with van der Waals surface area (Å²) in [7, 11) is 0. The van der Waals surface area contributed by atoms with Gasteiger partial charge in [-0.1, -0.05) is 46.3 Å². The van der Waals surface area contributed by atoms with Gasteiger partial charge in [0.2, 0.25) is 5.91 Å². The molecule has 0 aliphatic carbocycles. The number of rotatable bonds is 5. The van der Waals surface area contributed by atoms with Gasteiger partial charge >= 0.3 is 0 Å². The second-order valence-electron chi connectivity index (χ2n) is 3.94. The number of amides is 1. The highest BCUT2D eigenvalue weighted by Crippen LogP contribution is 2.20. The molecule has 0 radical (unpaired) electrons. The van der Waals surface area contributed by atoms with Crippen LogP contribution in [0.25, 0.3) is 0 Å². The molecule has 0 aliphatic rings. The molecule has 0 saturated heterocycles. The predicted octanol–water partition coefficient (Wildman–Crippen LogP) is 2.56. The lowest BCUT2D eigenvalue weighted by Gasteiger charge is -2.28. The number of carbonyl (C=O) groups is 2. The van der Waals surface area contributed by atoms with Gasteiger partial charge in [0.15, 0.2) is 0 Å². The molecule has 1 rings (SSSR count). The molecule has 1 amide bonds. The van der Waals surface area contributed by atoms with Gasteiger partial charge in [-0.2, -0.15) is 0 Å². The first-order valence-electron chi connectivity index (χ1n) is 5.46. The first kappa shape index (κ1) is 13.9. The second kappa shape index (κ2) is 6.55. The van der Waals surface area contributed by atoms with Crippen molar-refractivity contribution in [2.24, 2.45) is 0 Å². The van der Waals surface area contributed by atoms with E-state index in [1.165, 1.54) is 6.92 Å². The Morgan fingerprint density at radius 2 is 1.88 bits per heavy atom. The van der Waals surface area contributed by atoms with Crippen molar-refractivity contribution in [2.45, 2.75) is 19.9 Å². The summed E-state index contributed by atoms with van der Waals surface area (Å²) in [5.41, 5.74) is 1.03. The van der Waals surface area contributed by atoms with E-state index in [4.69, 9.17) is 0 Å². The maximum Gasteiger partial charge on any atom is 0.234 e. The van der Waals surface area contributed by atoms with Crippen LogP contribution >= 0.6 is 15.9 Å². The highest BCUT2D eigenvalue weighted by molar-refractivity contribution is 9.09. The molecule has 0 fully saturated rings. The zero-order chi connectivity index (χ0) is 12.8. The highest BCUT2D eigenvalue weighted by Gasteiger charge is 2.21. The lowest BCUT2D eigenvalue weighted by Crippen LogP contribution is -2.37. The van der Waals surface area contributed by atoms with E-state index in [0.29, 0.717) is 0 Å². The third-order valence-corrected chi connectivity index (χ3v) is 3.06. The summed E-state index contributed by atoms with van der Waals surface area (Å²) >= 11 is 3.14. The Hall–Kier alpha value is -1.16. The van der Waals surface area contributed by atoms with Crippen LogP contribution < -0.4 is 0 Å². The van der Waals surface area contributed by atoms with Crippen LogP contribution in [0.3, 0.4) is 0 Å². The SMILES string of the molecule is CC(=O)CN(C(=O)CBr)[C@H](C)c1ccccc1. The molecule has 0 aliphatic heterocycles. The Kier molecular flexibility index (Phi) is 5.35. The van der Waals surface area contributed by atoms with E-state index in [9.17, 15) is 9.59 Å². The highest BCUT2D eigenvalue weighted by atomic mass is 79.9. The van der Waals surface area contributed by atoms with Crippen LogP contribution in [0.5, 0.6) is 0 Å². The fraction of sp³-hybridized carbons (Fsp3) is 0.385. The molecule has 0 N–H and O–H groups in total. The number of benzene rings is 1. The number of hydrogen-bond donors (Lipinski definition) is 0. The molecular formula is C13H16BrNO2. The smallest absolute Gasteiger partial charge is 0.234 e. The summed E-state index contributed by atoms with van der Waals surface area (Å²) in [5, 5.41) is 0.234. The topological polar surface area (TPSA) is 37.4 Å². The Labute approximate surface area is 110 Å². The minimum atomic E-state index is -0.0925. The van der Waals surface area contributed by atoms with Gasteiger partial charge in [-0.05, 0) is 19.4 Å². The fourth-order valence-electron chi connectivity index (χ4n) is 1.67. The average Bonchev–Trinajstić information content (AvgIpc) is 2.35. The zero-order valence-electron chi connectivity index (χ0n) is 10.0. The monoisotopic (exact) mass is 297 g/mol. The minimum Gasteiger partial charge on any atom is -0.328 e. The summed E-state index contributed by atoms with van der Waals surface area (Å²) in [6.45, 7) is 3.57. The Bertz CT molecular complexity index is 392. The van der Waals surface area contributed by atoms with Crippen LogP contribution in [-0.4, -0.2) is 28.5 Å². The standard InChI is InChI=1S/C13H16BrNO2/c1-10(16)9-15(13(17)8-14)11(2)12-6-4-3-5-7-12/h3-7,11H,8-9H2,1-2H3/t11-/m1/s1. The molecule has 92 valence electrons. The average molecular weight is 298 g/mol. The molecule has 0 unspecified atom stereocenters. The molecule has 1 aromatic carbocycles. The predicted molar refractivity (Wildman–Crippen MR) is 71.0 cm³/mol. The Morgan fingerprint density at radius 3 is 2.35 bits per heavy atom. The van der Waals surface area contributed by atoms with Crippen LogP contribution in [0.15, 0.2) is 30.3 Å². The summed E-state index contributed by atoms with van der Waals surface area (Å²) in [6, 6.07) is 9.61. The molecule has 0 bridgehead atoms. The number of alkyl halides is 1. The van der Waals surface area contributed by atoms with Crippen LogP contribution in [0.1, 0.15) is 25.5 Å². The molecule has 0 saturated carbocycles. The van der Waals surface area contributed by atoms with Crippen LogP contribution in [-0.2, 0) is 9.59 Å². The summed E-state index contributed by atoms with van der Waals surface area (Å²) < 4.78 is 0. The van der Waals surface area contributed by atoms with E-state index in [1.807, 2.05) is 37.3 Å². The maximum atomic E-state index is 11.8. The van der Waals surface area contributed by atoms with Crippen molar-refractivity contribution in [1.29, 1.82) is 0 Å². The van der Waals surface area contributed by atoms with Crippen molar-refractivity contribution >= 4 is 27.6 Å². The van der Waals surface area contributed by atoms with Crippen LogP contribution in [0, 0.1) is 0 Å². The third-order valence-electron chi connectivity index (χ3n) is 2.58. The largest absolute Gasteiger partial charge is 0.328 e. The number of hydrogen-bond acceptors (Lipinski definition) is 2. The van der Waals surface area contributed by atoms with Gasteiger partial charge in [-0.25, -0.2) is 0 Å². The van der Waals surface area contributed by atoms with Gasteiger partial charge in [-0.3, -0.25) is 9.59 Å². The van der Waals surface area contributed by atoms with E-state index in [1.54, 1.807) is 4.90 Å². The molecule has 0 aromatic heterocycles. The number of ketones is 1. The van der Waals surface area contributed by atoms with Gasteiger partial charge in [0, 0.05) is 0 Å². The van der Waals surface area contributed by atoms with Crippen molar-refractivity contribution in [3.05, 3.63) is 35.9 Å². The van der Waals surface area contributed by atoms with E-state index in [2.05, 4.69) is 15.9 Å². The van der Waals surface area contributed by atoms with Crippen molar-refractivity contribution < 1.29 is 9.59 Å². The third kappa shape index (κ3) is 3.97. The van der Waals surface area contributed by atoms with Crippen LogP contribution in [0.2, 0.25) is 0 Å². The maximum absolute atomic E-state index is 11.8. The molecular weight excluding hydrogens is 282 g/mol. The molecule has 4 heteroatoms. The van der Waals surface area contributed by atoms with Gasteiger partial charge in [0.1, 0.15) is 5.78 Å². The fourth-order valence-corrected chi connectivity index (χ4v) is 1.99. The number of Topliss-reactive ketones (excluding diaryl/α,β-unsaturated/α-hetero) is 1. The molecule has 3 nitrogen and oxygen atoms in total. The molecule has 0 spiro atoms. The van der Waals surface area contributed by atoms with E-state index in [0.717, 1.165) is 5.56 Å². The van der Waals surface area contributed by atoms with Crippen molar-refractivity contribution in [3.63, 3.8) is 0 Å². The molecule has 1 aromatic rings. The van der Waals surface area contributed by atoms with Crippen molar-refractivity contribution in [2.75, 3.05) is 11.9 Å². The number of carbonyl (C=O) groups excluding carboxylic acids is 2. The summed E-state index contributed by atoms with van der Waals surface area (Å²) in [5.74, 6) is -0.0846. The Balaban J connectivity index is 2.90. The first-order valence-corrected chi connectivity index (χ1v) is 6.58.